The fourth-order valence-corrected chi connectivity index (χ4v) is 4.23. The number of anilines is 3. The van der Waals surface area contributed by atoms with Crippen LogP contribution in [0.2, 0.25) is 15.1 Å². The van der Waals surface area contributed by atoms with Crippen LogP contribution in [0.3, 0.4) is 0 Å². The number of aryl methyl sites for hydroxylation is 1. The van der Waals surface area contributed by atoms with Gasteiger partial charge in [-0.25, -0.2) is 4.90 Å². The van der Waals surface area contributed by atoms with E-state index >= 15 is 0 Å². The molecule has 3 aromatic carbocycles. The predicted octanol–water partition coefficient (Wildman–Crippen LogP) is 6.57. The monoisotopic (exact) mass is 547 g/mol. The molecule has 1 heterocycles. The molecule has 3 aromatic rings. The average molecular weight is 549 g/mol. The highest BCUT2D eigenvalue weighted by Gasteiger charge is 2.39. The van der Waals surface area contributed by atoms with Gasteiger partial charge in [0.15, 0.2) is 0 Å². The highest BCUT2D eigenvalue weighted by atomic mass is 35.5. The van der Waals surface area contributed by atoms with Gasteiger partial charge in [-0.05, 0) is 60.5 Å². The van der Waals surface area contributed by atoms with Gasteiger partial charge in [0.25, 0.3) is 11.8 Å². The molecule has 2 N–H and O–H groups in total. The van der Waals surface area contributed by atoms with Crippen LogP contribution < -0.4 is 15.5 Å². The van der Waals surface area contributed by atoms with Crippen LogP contribution in [0.4, 0.5) is 17.1 Å². The Kier molecular flexibility index (Phi) is 7.38. The molecule has 0 bridgehead atoms. The van der Waals surface area contributed by atoms with Crippen LogP contribution in [-0.2, 0) is 20.8 Å². The second kappa shape index (κ2) is 10.3. The van der Waals surface area contributed by atoms with Crippen LogP contribution in [0.15, 0.2) is 71.4 Å². The van der Waals surface area contributed by atoms with E-state index in [9.17, 15) is 14.4 Å². The number of hydrogen-bond donors (Lipinski definition) is 2. The van der Waals surface area contributed by atoms with E-state index < -0.39 is 11.8 Å². The van der Waals surface area contributed by atoms with E-state index in [1.807, 2.05) is 6.92 Å². The highest BCUT2D eigenvalue weighted by Crippen LogP contribution is 2.32. The van der Waals surface area contributed by atoms with Crippen molar-refractivity contribution < 1.29 is 14.4 Å². The quantitative estimate of drug-likeness (QED) is 0.341. The summed E-state index contributed by atoms with van der Waals surface area (Å²) in [6, 6.07) is 16.5. The maximum absolute atomic E-state index is 12.9. The lowest BCUT2D eigenvalue weighted by molar-refractivity contribution is -0.120. The first-order valence-corrected chi connectivity index (χ1v) is 11.8. The summed E-state index contributed by atoms with van der Waals surface area (Å²) in [6.07, 6.45) is 0.0993. The van der Waals surface area contributed by atoms with Gasteiger partial charge in [-0.15, -0.1) is 0 Å². The number of imide groups is 1. The molecule has 35 heavy (non-hydrogen) atoms. The lowest BCUT2D eigenvalue weighted by Gasteiger charge is -2.16. The molecule has 0 atom stereocenters. The third-order valence-electron chi connectivity index (χ3n) is 5.23. The second-order valence-electron chi connectivity index (χ2n) is 7.74. The summed E-state index contributed by atoms with van der Waals surface area (Å²) >= 11 is 24.3. The van der Waals surface area contributed by atoms with Crippen LogP contribution >= 0.6 is 46.4 Å². The molecule has 178 valence electrons. The Hall–Kier alpha value is -3.03. The summed E-state index contributed by atoms with van der Waals surface area (Å²) < 4.78 is 0. The Bertz CT molecular complexity index is 1390. The van der Waals surface area contributed by atoms with E-state index in [1.54, 1.807) is 54.6 Å². The summed E-state index contributed by atoms with van der Waals surface area (Å²) in [7, 11) is 0. The summed E-state index contributed by atoms with van der Waals surface area (Å²) in [5.74, 6) is -1.50. The first-order valence-electron chi connectivity index (χ1n) is 10.3. The van der Waals surface area contributed by atoms with Gasteiger partial charge in [-0.2, -0.15) is 0 Å². The summed E-state index contributed by atoms with van der Waals surface area (Å²) in [5.41, 5.74) is 2.81. The summed E-state index contributed by atoms with van der Waals surface area (Å²) in [5, 5.41) is 6.65. The standard InChI is InChI=1S/C25H17Cl4N3O3/c1-13-2-8-17(12-18(13)27)32-24(34)22(29)23(25(32)35)30-16-6-3-14(4-7-16)10-21(33)31-20-9-5-15(26)11-19(20)28/h2-9,11-12,30H,10H2,1H3,(H,31,33). The van der Waals surface area contributed by atoms with Crippen LogP contribution in [0.5, 0.6) is 0 Å². The van der Waals surface area contributed by atoms with Crippen LogP contribution in [0.25, 0.3) is 0 Å². The summed E-state index contributed by atoms with van der Waals surface area (Å²) in [4.78, 5) is 38.9. The number of halogens is 4. The molecule has 0 unspecified atom stereocenters. The number of carbonyl (C=O) groups is 3. The third-order valence-corrected chi connectivity index (χ3v) is 6.54. The lowest BCUT2D eigenvalue weighted by Crippen LogP contribution is -2.32. The molecular formula is C25H17Cl4N3O3. The number of nitrogens with one attached hydrogen (secondary N) is 2. The largest absolute Gasteiger partial charge is 0.350 e. The molecule has 3 amide bonds. The molecule has 0 fully saturated rings. The predicted molar refractivity (Wildman–Crippen MR) is 140 cm³/mol. The minimum absolute atomic E-state index is 0.0452. The number of amides is 3. The normalized spacial score (nSPS) is 13.5. The molecule has 0 aromatic heterocycles. The third kappa shape index (κ3) is 5.46. The lowest BCUT2D eigenvalue weighted by atomic mass is 10.1. The first-order chi connectivity index (χ1) is 16.6. The Balaban J connectivity index is 1.43. The molecular weight excluding hydrogens is 532 g/mol. The molecule has 4 rings (SSSR count). The van der Waals surface area contributed by atoms with Crippen LogP contribution in [0, 0.1) is 6.92 Å². The van der Waals surface area contributed by atoms with E-state index in [0.29, 0.717) is 32.1 Å². The van der Waals surface area contributed by atoms with Gasteiger partial charge in [-0.1, -0.05) is 64.6 Å². The zero-order valence-corrected chi connectivity index (χ0v) is 21.2. The van der Waals surface area contributed by atoms with Gasteiger partial charge < -0.3 is 10.6 Å². The zero-order valence-electron chi connectivity index (χ0n) is 18.2. The minimum atomic E-state index is -0.645. The number of benzene rings is 3. The fourth-order valence-electron chi connectivity index (χ4n) is 3.39. The SMILES string of the molecule is Cc1ccc(N2C(=O)C(Cl)=C(Nc3ccc(CC(=O)Nc4ccc(Cl)cc4Cl)cc3)C2=O)cc1Cl. The molecule has 10 heteroatoms. The molecule has 0 spiro atoms. The van der Waals surface area contributed by atoms with Gasteiger partial charge >= 0.3 is 0 Å². The van der Waals surface area contributed by atoms with Gasteiger partial charge in [0.1, 0.15) is 10.7 Å². The van der Waals surface area contributed by atoms with E-state index in [1.165, 1.54) is 6.07 Å². The number of nitrogens with zero attached hydrogens (tertiary/aromatic N) is 1. The molecule has 1 aliphatic heterocycles. The first kappa shape index (κ1) is 25.1. The Morgan fingerprint density at radius 3 is 2.23 bits per heavy atom. The van der Waals surface area contributed by atoms with Crippen LogP contribution in [-0.4, -0.2) is 17.7 Å². The smallest absolute Gasteiger partial charge is 0.283 e. The van der Waals surface area contributed by atoms with Crippen molar-refractivity contribution in [3.05, 3.63) is 97.6 Å². The van der Waals surface area contributed by atoms with Gasteiger partial charge in [0.2, 0.25) is 5.91 Å². The number of hydrogen-bond acceptors (Lipinski definition) is 4. The van der Waals surface area contributed by atoms with Crippen molar-refractivity contribution in [1.82, 2.24) is 0 Å². The van der Waals surface area contributed by atoms with Gasteiger partial charge in [-0.3, -0.25) is 14.4 Å². The Morgan fingerprint density at radius 1 is 0.857 bits per heavy atom. The molecule has 0 aliphatic carbocycles. The number of rotatable bonds is 6. The Morgan fingerprint density at radius 2 is 1.57 bits per heavy atom. The maximum Gasteiger partial charge on any atom is 0.283 e. The van der Waals surface area contributed by atoms with Crippen LogP contribution in [0.1, 0.15) is 11.1 Å². The molecule has 0 radical (unpaired) electrons. The van der Waals surface area contributed by atoms with Crippen molar-refractivity contribution in [3.63, 3.8) is 0 Å². The molecule has 0 saturated carbocycles. The maximum atomic E-state index is 12.9. The average Bonchev–Trinajstić information content (AvgIpc) is 3.02. The highest BCUT2D eigenvalue weighted by molar-refractivity contribution is 6.53. The van der Waals surface area contributed by atoms with Crippen molar-refractivity contribution in [2.45, 2.75) is 13.3 Å². The van der Waals surface area contributed by atoms with Crippen molar-refractivity contribution >= 4 is 81.2 Å². The molecule has 1 aliphatic rings. The molecule has 6 nitrogen and oxygen atoms in total. The minimum Gasteiger partial charge on any atom is -0.350 e. The molecule has 0 saturated heterocycles. The van der Waals surface area contributed by atoms with Gasteiger partial charge in [0.05, 0.1) is 22.8 Å². The number of carbonyl (C=O) groups excluding carboxylic acids is 3. The summed E-state index contributed by atoms with van der Waals surface area (Å²) in [6.45, 7) is 1.82. The fraction of sp³-hybridized carbons (Fsp3) is 0.0800. The topological polar surface area (TPSA) is 78.5 Å². The van der Waals surface area contributed by atoms with E-state index in [2.05, 4.69) is 10.6 Å². The zero-order chi connectivity index (χ0) is 25.3. The van der Waals surface area contributed by atoms with E-state index in [4.69, 9.17) is 46.4 Å². The Labute approximate surface area is 221 Å². The van der Waals surface area contributed by atoms with Gasteiger partial charge in [0, 0.05) is 15.7 Å². The van der Waals surface area contributed by atoms with Crippen molar-refractivity contribution in [2.75, 3.05) is 15.5 Å². The van der Waals surface area contributed by atoms with E-state index in [-0.39, 0.29) is 23.1 Å². The van der Waals surface area contributed by atoms with Crippen molar-refractivity contribution in [3.8, 4) is 0 Å². The van der Waals surface area contributed by atoms with Crippen molar-refractivity contribution in [2.24, 2.45) is 0 Å². The second-order valence-corrected chi connectivity index (χ2v) is 9.37. The van der Waals surface area contributed by atoms with Crippen molar-refractivity contribution in [1.29, 1.82) is 0 Å². The van der Waals surface area contributed by atoms with E-state index in [0.717, 1.165) is 16.0 Å².